The first-order valence-corrected chi connectivity index (χ1v) is 21.7. The van der Waals surface area contributed by atoms with Crippen molar-refractivity contribution in [3.8, 4) is 0 Å². The van der Waals surface area contributed by atoms with Crippen molar-refractivity contribution in [1.29, 1.82) is 0 Å². The topological polar surface area (TPSA) is 110 Å². The van der Waals surface area contributed by atoms with Crippen LogP contribution in [0.25, 0.3) is 0 Å². The number of rotatable bonds is 39. The average Bonchev–Trinajstić information content (AvgIpc) is 3.12. The van der Waals surface area contributed by atoms with Gasteiger partial charge in [-0.3, -0.25) is 4.79 Å². The van der Waals surface area contributed by atoms with Crippen LogP contribution < -0.4 is 5.32 Å². The minimum absolute atomic E-state index is 0.364. The molecule has 0 aliphatic rings. The van der Waals surface area contributed by atoms with Crippen molar-refractivity contribution in [2.24, 2.45) is 0 Å². The van der Waals surface area contributed by atoms with Crippen molar-refractivity contribution in [3.63, 3.8) is 0 Å². The summed E-state index contributed by atoms with van der Waals surface area (Å²) in [7, 11) is 0. The molecule has 0 rings (SSSR count). The monoisotopic (exact) mass is 708 g/mol. The van der Waals surface area contributed by atoms with Crippen LogP contribution in [0.3, 0.4) is 0 Å². The number of unbranched alkanes of at least 4 members (excludes halogenated alkanes) is 26. The second-order valence-corrected chi connectivity index (χ2v) is 15.0. The molecule has 0 aromatic rings. The zero-order chi connectivity index (χ0) is 36.8. The van der Waals surface area contributed by atoms with Crippen LogP contribution in [-0.2, 0) is 4.79 Å². The Bertz CT molecular complexity index is 757. The van der Waals surface area contributed by atoms with Gasteiger partial charge in [0.25, 0.3) is 0 Å². The Kier molecular flexibility index (Phi) is 38.1. The summed E-state index contributed by atoms with van der Waals surface area (Å²) >= 11 is 0. The Hall–Kier alpha value is -1.21. The van der Waals surface area contributed by atoms with Gasteiger partial charge in [0.05, 0.1) is 18.8 Å². The predicted octanol–water partition coefficient (Wildman–Crippen LogP) is 11.2. The van der Waals surface area contributed by atoms with E-state index in [1.165, 1.54) is 148 Å². The molecule has 0 aliphatic heterocycles. The summed E-state index contributed by atoms with van der Waals surface area (Å²) in [5, 5.41) is 43.6. The third kappa shape index (κ3) is 32.7. The Morgan fingerprint density at radius 1 is 0.480 bits per heavy atom. The van der Waals surface area contributed by atoms with E-state index in [2.05, 4.69) is 43.5 Å². The van der Waals surface area contributed by atoms with E-state index >= 15 is 0 Å². The molecule has 0 radical (unpaired) electrons. The lowest BCUT2D eigenvalue weighted by molar-refractivity contribution is -0.132. The summed E-state index contributed by atoms with van der Waals surface area (Å²) in [5.74, 6) is -0.596. The van der Waals surface area contributed by atoms with Gasteiger partial charge in [-0.2, -0.15) is 0 Å². The highest BCUT2D eigenvalue weighted by atomic mass is 16.3. The minimum Gasteiger partial charge on any atom is -0.394 e. The van der Waals surface area contributed by atoms with E-state index in [-0.39, 0.29) is 0 Å². The van der Waals surface area contributed by atoms with Crippen LogP contribution in [0.15, 0.2) is 24.3 Å². The first kappa shape index (κ1) is 48.8. The molecule has 4 unspecified atom stereocenters. The molecule has 0 fully saturated rings. The summed E-state index contributed by atoms with van der Waals surface area (Å²) in [6, 6.07) is -1.00. The minimum atomic E-state index is -1.29. The number of hydrogen-bond acceptors (Lipinski definition) is 5. The van der Waals surface area contributed by atoms with E-state index in [9.17, 15) is 25.2 Å². The van der Waals surface area contributed by atoms with Crippen molar-refractivity contribution in [1.82, 2.24) is 5.32 Å². The van der Waals surface area contributed by atoms with Crippen molar-refractivity contribution >= 4 is 5.91 Å². The maximum absolute atomic E-state index is 12.5. The molecule has 0 aliphatic carbocycles. The van der Waals surface area contributed by atoms with E-state index in [1.54, 1.807) is 0 Å². The summed E-state index contributed by atoms with van der Waals surface area (Å²) in [5.41, 5.74) is 0. The van der Waals surface area contributed by atoms with E-state index in [4.69, 9.17) is 0 Å². The van der Waals surface area contributed by atoms with Crippen molar-refractivity contribution in [2.45, 2.75) is 244 Å². The zero-order valence-electron chi connectivity index (χ0n) is 33.2. The molecule has 6 heteroatoms. The molecule has 296 valence electrons. The van der Waals surface area contributed by atoms with Gasteiger partial charge in [-0.1, -0.05) is 192 Å². The van der Waals surface area contributed by atoms with Gasteiger partial charge in [0.2, 0.25) is 5.91 Å². The number of carbonyl (C=O) groups excluding carboxylic acids is 1. The molecular weight excluding hydrogens is 622 g/mol. The molecule has 4 atom stereocenters. The molecule has 50 heavy (non-hydrogen) atoms. The predicted molar refractivity (Wildman–Crippen MR) is 214 cm³/mol. The van der Waals surface area contributed by atoms with Gasteiger partial charge in [0.15, 0.2) is 0 Å². The SMILES string of the molecule is CCCCCCCC/C=C/CC/C=C/CCCC(O)C(O)C(CO)NC(=O)C(O)CCCCCCCCCCCCCCCCCCCCC. The molecule has 0 saturated heterocycles. The lowest BCUT2D eigenvalue weighted by atomic mass is 10.00. The van der Waals surface area contributed by atoms with Gasteiger partial charge < -0.3 is 25.7 Å². The summed E-state index contributed by atoms with van der Waals surface area (Å²) < 4.78 is 0. The average molecular weight is 708 g/mol. The molecule has 0 heterocycles. The number of carbonyl (C=O) groups is 1. The lowest BCUT2D eigenvalue weighted by Crippen LogP contribution is -2.53. The highest BCUT2D eigenvalue weighted by molar-refractivity contribution is 5.80. The Labute approximate surface area is 310 Å². The first-order valence-electron chi connectivity index (χ1n) is 21.7. The van der Waals surface area contributed by atoms with Gasteiger partial charge in [0.1, 0.15) is 12.2 Å². The molecule has 0 saturated carbocycles. The summed E-state index contributed by atoms with van der Waals surface area (Å²) in [4.78, 5) is 12.5. The van der Waals surface area contributed by atoms with Crippen molar-refractivity contribution < 1.29 is 25.2 Å². The third-order valence-corrected chi connectivity index (χ3v) is 10.1. The van der Waals surface area contributed by atoms with Crippen LogP contribution in [0.4, 0.5) is 0 Å². The Morgan fingerprint density at radius 3 is 1.26 bits per heavy atom. The van der Waals surface area contributed by atoms with Crippen molar-refractivity contribution in [2.75, 3.05) is 6.61 Å². The molecule has 0 bridgehead atoms. The molecule has 6 nitrogen and oxygen atoms in total. The van der Waals surface area contributed by atoms with Crippen LogP contribution in [0.1, 0.15) is 219 Å². The van der Waals surface area contributed by atoms with Gasteiger partial charge in [0, 0.05) is 0 Å². The van der Waals surface area contributed by atoms with Gasteiger partial charge in [-0.15, -0.1) is 0 Å². The quantitative estimate of drug-likeness (QED) is 0.0323. The normalized spacial score (nSPS) is 14.4. The largest absolute Gasteiger partial charge is 0.394 e. The highest BCUT2D eigenvalue weighted by Gasteiger charge is 2.28. The standard InChI is InChI=1S/C44H85NO5/c1-3-5-7-9-11-13-15-17-19-20-21-22-24-26-28-30-32-34-36-38-42(48)44(50)45-40(39-46)43(49)41(47)37-35-33-31-29-27-25-23-18-16-14-12-10-8-6-4-2/h18,23,29,31,40-43,46-49H,3-17,19-22,24-28,30,32-39H2,1-2H3,(H,45,50)/b23-18+,31-29+. The van der Waals surface area contributed by atoms with E-state index in [1.807, 2.05) is 0 Å². The van der Waals surface area contributed by atoms with Crippen LogP contribution in [0.5, 0.6) is 0 Å². The summed E-state index contributed by atoms with van der Waals surface area (Å²) in [6.07, 6.45) is 43.5. The van der Waals surface area contributed by atoms with Gasteiger partial charge in [-0.05, 0) is 51.4 Å². The summed E-state index contributed by atoms with van der Waals surface area (Å²) in [6.45, 7) is 4.03. The maximum Gasteiger partial charge on any atom is 0.249 e. The number of hydrogen-bond donors (Lipinski definition) is 5. The van der Waals surface area contributed by atoms with Gasteiger partial charge in [-0.25, -0.2) is 0 Å². The fraction of sp³-hybridized carbons (Fsp3) is 0.886. The number of nitrogens with one attached hydrogen (secondary N) is 1. The van der Waals surface area contributed by atoms with Crippen LogP contribution >= 0.6 is 0 Å². The molecule has 5 N–H and O–H groups in total. The fourth-order valence-corrected chi connectivity index (χ4v) is 6.66. The first-order chi connectivity index (χ1) is 24.5. The number of amides is 1. The van der Waals surface area contributed by atoms with Crippen LogP contribution in [-0.4, -0.2) is 57.3 Å². The second kappa shape index (κ2) is 39.0. The molecule has 0 aromatic heterocycles. The van der Waals surface area contributed by atoms with E-state index < -0.39 is 36.9 Å². The molecule has 0 aromatic carbocycles. The third-order valence-electron chi connectivity index (χ3n) is 10.1. The number of aliphatic hydroxyl groups excluding tert-OH is 4. The fourth-order valence-electron chi connectivity index (χ4n) is 6.66. The Balaban J connectivity index is 3.77. The Morgan fingerprint density at radius 2 is 0.840 bits per heavy atom. The molecule has 1 amide bonds. The van der Waals surface area contributed by atoms with Crippen LogP contribution in [0.2, 0.25) is 0 Å². The van der Waals surface area contributed by atoms with Crippen molar-refractivity contribution in [3.05, 3.63) is 24.3 Å². The lowest BCUT2D eigenvalue weighted by Gasteiger charge is -2.27. The zero-order valence-corrected chi connectivity index (χ0v) is 33.2. The van der Waals surface area contributed by atoms with E-state index in [0.29, 0.717) is 19.3 Å². The smallest absolute Gasteiger partial charge is 0.249 e. The highest BCUT2D eigenvalue weighted by Crippen LogP contribution is 2.16. The number of aliphatic hydroxyl groups is 4. The second-order valence-electron chi connectivity index (χ2n) is 15.0. The molecule has 0 spiro atoms. The van der Waals surface area contributed by atoms with E-state index in [0.717, 1.165) is 38.5 Å². The molecular formula is C44H85NO5. The number of allylic oxidation sites excluding steroid dienone is 4. The maximum atomic E-state index is 12.5. The van der Waals surface area contributed by atoms with Crippen LogP contribution in [0, 0.1) is 0 Å². The van der Waals surface area contributed by atoms with Gasteiger partial charge >= 0.3 is 0 Å².